The highest BCUT2D eigenvalue weighted by Crippen LogP contribution is 2.35. The first-order valence-electron chi connectivity index (χ1n) is 9.69. The van der Waals surface area contributed by atoms with Crippen LogP contribution < -0.4 is 9.47 Å². The molecule has 0 fully saturated rings. The molecule has 0 aliphatic rings. The molecule has 0 bridgehead atoms. The van der Waals surface area contributed by atoms with Gasteiger partial charge in [0.2, 0.25) is 0 Å². The van der Waals surface area contributed by atoms with Crippen LogP contribution in [-0.2, 0) is 12.8 Å². The molecule has 0 radical (unpaired) electrons. The van der Waals surface area contributed by atoms with Gasteiger partial charge in [0.15, 0.2) is 0 Å². The average Bonchev–Trinajstić information content (AvgIpc) is 2.66. The minimum Gasteiger partial charge on any atom is -0.494 e. The Bertz CT molecular complexity index is 726. The Morgan fingerprint density at radius 2 is 1.73 bits per heavy atom. The first-order chi connectivity index (χ1) is 12.6. The van der Waals surface area contributed by atoms with Crippen molar-refractivity contribution in [1.82, 2.24) is 4.98 Å². The number of ether oxygens (including phenoxy) is 2. The summed E-state index contributed by atoms with van der Waals surface area (Å²) < 4.78 is 11.8. The van der Waals surface area contributed by atoms with Crippen molar-refractivity contribution in [3.63, 3.8) is 0 Å². The summed E-state index contributed by atoms with van der Waals surface area (Å²) in [6, 6.07) is 7.95. The van der Waals surface area contributed by atoms with E-state index in [0.717, 1.165) is 59.7 Å². The Morgan fingerprint density at radius 3 is 2.27 bits per heavy atom. The Hall–Kier alpha value is -1.74. The smallest absolute Gasteiger partial charge is 0.141 e. The first kappa shape index (κ1) is 20.6. The molecule has 0 amide bonds. The zero-order chi connectivity index (χ0) is 19.1. The van der Waals surface area contributed by atoms with E-state index in [1.165, 1.54) is 0 Å². The van der Waals surface area contributed by atoms with Crippen LogP contribution in [-0.4, -0.2) is 17.7 Å². The molecule has 2 rings (SSSR count). The number of aryl methyl sites for hydroxylation is 2. The first-order valence-corrected chi connectivity index (χ1v) is 10.1. The summed E-state index contributed by atoms with van der Waals surface area (Å²) in [5, 5.41) is 0.661. The van der Waals surface area contributed by atoms with Crippen molar-refractivity contribution in [2.24, 2.45) is 0 Å². The van der Waals surface area contributed by atoms with E-state index in [-0.39, 0.29) is 6.10 Å². The molecule has 26 heavy (non-hydrogen) atoms. The average molecular weight is 376 g/mol. The summed E-state index contributed by atoms with van der Waals surface area (Å²) in [4.78, 5) is 4.94. The molecule has 142 valence electrons. The fourth-order valence-corrected chi connectivity index (χ4v) is 3.27. The molecule has 1 aromatic carbocycles. The fraction of sp³-hybridized carbons (Fsp3) is 0.500. The Labute approximate surface area is 162 Å². The van der Waals surface area contributed by atoms with Crippen molar-refractivity contribution in [3.05, 3.63) is 40.5 Å². The quantitative estimate of drug-likeness (QED) is 0.501. The van der Waals surface area contributed by atoms with Crippen LogP contribution in [0.3, 0.4) is 0 Å². The predicted molar refractivity (Wildman–Crippen MR) is 110 cm³/mol. The van der Waals surface area contributed by atoms with Gasteiger partial charge in [-0.25, -0.2) is 4.98 Å². The minimum atomic E-state index is 0.228. The van der Waals surface area contributed by atoms with Gasteiger partial charge in [-0.15, -0.1) is 0 Å². The molecule has 1 heterocycles. The van der Waals surface area contributed by atoms with E-state index in [1.807, 2.05) is 25.1 Å². The lowest BCUT2D eigenvalue weighted by Crippen LogP contribution is -2.15. The molecule has 0 N–H and O–H groups in total. The molecule has 2 aromatic rings. The number of rotatable bonds is 9. The highest BCUT2D eigenvalue weighted by Gasteiger charge is 2.17. The predicted octanol–water partition coefficient (Wildman–Crippen LogP) is 6.49. The van der Waals surface area contributed by atoms with Crippen LogP contribution in [0.15, 0.2) is 24.3 Å². The summed E-state index contributed by atoms with van der Waals surface area (Å²) in [6.45, 7) is 11.1. The largest absolute Gasteiger partial charge is 0.494 e. The van der Waals surface area contributed by atoms with Crippen LogP contribution in [0.5, 0.6) is 11.5 Å². The molecule has 0 aliphatic heterocycles. The third-order valence-corrected chi connectivity index (χ3v) is 4.88. The maximum atomic E-state index is 6.54. The van der Waals surface area contributed by atoms with Crippen molar-refractivity contribution in [2.45, 2.75) is 66.4 Å². The second-order valence-corrected chi connectivity index (χ2v) is 6.69. The van der Waals surface area contributed by atoms with Gasteiger partial charge in [-0.05, 0) is 62.4 Å². The number of aromatic nitrogens is 1. The molecule has 0 saturated heterocycles. The Morgan fingerprint density at radius 1 is 1.00 bits per heavy atom. The normalized spacial score (nSPS) is 11.0. The van der Waals surface area contributed by atoms with Crippen LogP contribution in [0.4, 0.5) is 0 Å². The molecule has 0 atom stereocenters. The van der Waals surface area contributed by atoms with Crippen molar-refractivity contribution in [2.75, 3.05) is 6.61 Å². The van der Waals surface area contributed by atoms with Crippen molar-refractivity contribution >= 4 is 11.6 Å². The number of hydrogen-bond donors (Lipinski definition) is 0. The summed E-state index contributed by atoms with van der Waals surface area (Å²) in [5.74, 6) is 1.69. The van der Waals surface area contributed by atoms with Crippen LogP contribution in [0.25, 0.3) is 11.3 Å². The zero-order valence-electron chi connectivity index (χ0n) is 16.6. The number of pyridine rings is 1. The Kier molecular flexibility index (Phi) is 7.77. The molecule has 1 aromatic heterocycles. The monoisotopic (exact) mass is 375 g/mol. The molecular formula is C22H30ClNO2. The van der Waals surface area contributed by atoms with Gasteiger partial charge in [-0.1, -0.05) is 39.3 Å². The third-order valence-electron chi connectivity index (χ3n) is 4.57. The maximum Gasteiger partial charge on any atom is 0.141 e. The molecule has 0 spiro atoms. The third kappa shape index (κ3) is 4.70. The second kappa shape index (κ2) is 9.82. The van der Waals surface area contributed by atoms with Gasteiger partial charge in [-0.2, -0.15) is 0 Å². The van der Waals surface area contributed by atoms with E-state index < -0.39 is 0 Å². The lowest BCUT2D eigenvalue weighted by atomic mass is 10.0. The highest BCUT2D eigenvalue weighted by molar-refractivity contribution is 6.33. The highest BCUT2D eigenvalue weighted by atomic mass is 35.5. The van der Waals surface area contributed by atoms with Crippen LogP contribution in [0.2, 0.25) is 5.02 Å². The van der Waals surface area contributed by atoms with E-state index in [4.69, 9.17) is 26.1 Å². The summed E-state index contributed by atoms with van der Waals surface area (Å²) in [6.07, 6.45) is 3.91. The molecular weight excluding hydrogens is 346 g/mol. The molecule has 0 aliphatic carbocycles. The SMILES string of the molecule is CCOc1ccc(-c2nc(CC)c(OC(CC)CC)cc2CC)c(Cl)c1. The van der Waals surface area contributed by atoms with E-state index in [9.17, 15) is 0 Å². The van der Waals surface area contributed by atoms with Crippen LogP contribution in [0, 0.1) is 0 Å². The van der Waals surface area contributed by atoms with Crippen molar-refractivity contribution in [3.8, 4) is 22.8 Å². The summed E-state index contributed by atoms with van der Waals surface area (Å²) in [7, 11) is 0. The van der Waals surface area contributed by atoms with Crippen LogP contribution in [0.1, 0.15) is 58.7 Å². The summed E-state index contributed by atoms with van der Waals surface area (Å²) >= 11 is 6.54. The van der Waals surface area contributed by atoms with Gasteiger partial charge in [0.1, 0.15) is 11.5 Å². The van der Waals surface area contributed by atoms with E-state index in [2.05, 4.69) is 33.8 Å². The number of hydrogen-bond acceptors (Lipinski definition) is 3. The molecule has 4 heteroatoms. The van der Waals surface area contributed by atoms with Gasteiger partial charge >= 0.3 is 0 Å². The molecule has 0 saturated carbocycles. The van der Waals surface area contributed by atoms with Crippen molar-refractivity contribution in [1.29, 1.82) is 0 Å². The fourth-order valence-electron chi connectivity index (χ4n) is 3.01. The van der Waals surface area contributed by atoms with Gasteiger partial charge < -0.3 is 9.47 Å². The topological polar surface area (TPSA) is 31.4 Å². The maximum absolute atomic E-state index is 6.54. The second-order valence-electron chi connectivity index (χ2n) is 6.28. The Balaban J connectivity index is 2.49. The number of halogens is 1. The number of benzene rings is 1. The summed E-state index contributed by atoms with van der Waals surface area (Å²) in [5.41, 5.74) is 4.01. The zero-order valence-corrected chi connectivity index (χ0v) is 17.3. The molecule has 0 unspecified atom stereocenters. The van der Waals surface area contributed by atoms with E-state index >= 15 is 0 Å². The van der Waals surface area contributed by atoms with E-state index in [1.54, 1.807) is 0 Å². The van der Waals surface area contributed by atoms with Gasteiger partial charge in [-0.3, -0.25) is 0 Å². The van der Waals surface area contributed by atoms with Crippen molar-refractivity contribution < 1.29 is 9.47 Å². The lowest BCUT2D eigenvalue weighted by molar-refractivity contribution is 0.190. The van der Waals surface area contributed by atoms with E-state index in [0.29, 0.717) is 11.6 Å². The minimum absolute atomic E-state index is 0.228. The standard InChI is InChI=1S/C22H30ClNO2/c1-6-15-13-21(26-16(7-2)8-3)20(9-4)24-22(15)18-12-11-17(25-10-5)14-19(18)23/h11-14,16H,6-10H2,1-5H3. The van der Waals surface area contributed by atoms with Gasteiger partial charge in [0.05, 0.1) is 29.1 Å². The van der Waals surface area contributed by atoms with Gasteiger partial charge in [0.25, 0.3) is 0 Å². The molecule has 3 nitrogen and oxygen atoms in total. The van der Waals surface area contributed by atoms with Crippen LogP contribution >= 0.6 is 11.6 Å². The van der Waals surface area contributed by atoms with Gasteiger partial charge in [0, 0.05) is 5.56 Å². The lowest BCUT2D eigenvalue weighted by Gasteiger charge is -2.20. The number of nitrogens with zero attached hydrogens (tertiary/aromatic N) is 1.